The summed E-state index contributed by atoms with van der Waals surface area (Å²) < 4.78 is 34.1. The summed E-state index contributed by atoms with van der Waals surface area (Å²) in [5.41, 5.74) is 1.32. The van der Waals surface area contributed by atoms with Gasteiger partial charge in [0.25, 0.3) is 5.56 Å². The molecular formula is C32H33NO9. The highest BCUT2D eigenvalue weighted by Crippen LogP contribution is 2.43. The van der Waals surface area contributed by atoms with E-state index in [1.165, 1.54) is 33.0 Å². The van der Waals surface area contributed by atoms with Gasteiger partial charge in [-0.1, -0.05) is 30.3 Å². The molecule has 0 aliphatic heterocycles. The first kappa shape index (κ1) is 30.0. The molecule has 4 aromatic rings. The molecule has 0 unspecified atom stereocenters. The number of carbonyl (C=O) groups excluding carboxylic acids is 2. The van der Waals surface area contributed by atoms with Crippen LogP contribution in [0.5, 0.6) is 23.0 Å². The molecule has 0 spiro atoms. The quantitative estimate of drug-likeness (QED) is 0.215. The second-order valence-electron chi connectivity index (χ2n) is 9.12. The molecule has 3 aromatic carbocycles. The maximum Gasteiger partial charge on any atom is 0.355 e. The highest BCUT2D eigenvalue weighted by molar-refractivity contribution is 6.07. The van der Waals surface area contributed by atoms with Gasteiger partial charge in [0.1, 0.15) is 18.1 Å². The molecule has 1 heterocycles. The van der Waals surface area contributed by atoms with Crippen LogP contribution in [0.15, 0.2) is 65.5 Å². The van der Waals surface area contributed by atoms with Crippen molar-refractivity contribution >= 4 is 22.7 Å². The second-order valence-corrected chi connectivity index (χ2v) is 9.12. The SMILES string of the molecule is CCOC(=O)CCn1c(C(=O)OC)c(-c2cc(OC)c(OC)c(OC)c2)c2ccc(OCc3ccccc3)cc2c1=O. The van der Waals surface area contributed by atoms with E-state index in [0.29, 0.717) is 46.1 Å². The number of esters is 2. The molecule has 0 fully saturated rings. The van der Waals surface area contributed by atoms with E-state index in [-0.39, 0.29) is 30.7 Å². The standard InChI is InChI=1S/C32H33NO9/c1-6-41-27(34)14-15-33-29(32(36)40-5)28(21-16-25(37-2)30(39-4)26(17-21)38-3)23-13-12-22(18-24(23)31(33)35)42-19-20-10-8-7-9-11-20/h7-13,16-18H,6,14-15,19H2,1-5H3. The van der Waals surface area contributed by atoms with Crippen molar-refractivity contribution in [2.45, 2.75) is 26.5 Å². The predicted molar refractivity (Wildman–Crippen MR) is 157 cm³/mol. The Bertz CT molecular complexity index is 1620. The van der Waals surface area contributed by atoms with E-state index in [1.54, 1.807) is 37.3 Å². The van der Waals surface area contributed by atoms with Crippen molar-refractivity contribution in [2.75, 3.05) is 35.0 Å². The van der Waals surface area contributed by atoms with Crippen molar-refractivity contribution in [3.05, 3.63) is 82.3 Å². The van der Waals surface area contributed by atoms with Gasteiger partial charge in [-0.15, -0.1) is 0 Å². The average Bonchev–Trinajstić information content (AvgIpc) is 3.02. The minimum Gasteiger partial charge on any atom is -0.493 e. The summed E-state index contributed by atoms with van der Waals surface area (Å²) in [5.74, 6) is 0.258. The number of benzene rings is 3. The molecule has 0 atom stereocenters. The number of aromatic nitrogens is 1. The molecule has 0 saturated heterocycles. The molecule has 10 nitrogen and oxygen atoms in total. The summed E-state index contributed by atoms with van der Waals surface area (Å²) in [6.45, 7) is 2.06. The Morgan fingerprint density at radius 2 is 1.52 bits per heavy atom. The summed E-state index contributed by atoms with van der Waals surface area (Å²) in [7, 11) is 5.68. The van der Waals surface area contributed by atoms with Gasteiger partial charge in [0.05, 0.1) is 46.9 Å². The lowest BCUT2D eigenvalue weighted by Crippen LogP contribution is -2.29. The number of methoxy groups -OCH3 is 4. The number of fused-ring (bicyclic) bond motifs is 1. The first-order valence-corrected chi connectivity index (χ1v) is 13.3. The summed E-state index contributed by atoms with van der Waals surface area (Å²) in [5, 5.41) is 0.745. The summed E-state index contributed by atoms with van der Waals surface area (Å²) in [6.07, 6.45) is -0.137. The van der Waals surface area contributed by atoms with Crippen LogP contribution >= 0.6 is 0 Å². The Balaban J connectivity index is 2.00. The van der Waals surface area contributed by atoms with Crippen LogP contribution in [-0.4, -0.2) is 51.6 Å². The van der Waals surface area contributed by atoms with E-state index in [0.717, 1.165) is 5.56 Å². The van der Waals surface area contributed by atoms with E-state index < -0.39 is 17.5 Å². The van der Waals surface area contributed by atoms with Crippen LogP contribution in [-0.2, 0) is 27.4 Å². The zero-order chi connectivity index (χ0) is 30.2. The van der Waals surface area contributed by atoms with E-state index in [2.05, 4.69) is 0 Å². The lowest BCUT2D eigenvalue weighted by Gasteiger charge is -2.20. The highest BCUT2D eigenvalue weighted by atomic mass is 16.5. The molecule has 10 heteroatoms. The van der Waals surface area contributed by atoms with E-state index >= 15 is 0 Å². The van der Waals surface area contributed by atoms with Crippen molar-refractivity contribution < 1.29 is 38.0 Å². The van der Waals surface area contributed by atoms with Crippen molar-refractivity contribution in [1.29, 1.82) is 0 Å². The summed E-state index contributed by atoms with van der Waals surface area (Å²) >= 11 is 0. The van der Waals surface area contributed by atoms with Gasteiger partial charge in [-0.05, 0) is 53.8 Å². The summed E-state index contributed by atoms with van der Waals surface area (Å²) in [6, 6.07) is 18.1. The van der Waals surface area contributed by atoms with Gasteiger partial charge in [0, 0.05) is 12.1 Å². The number of hydrogen-bond donors (Lipinski definition) is 0. The van der Waals surface area contributed by atoms with Gasteiger partial charge in [-0.25, -0.2) is 4.79 Å². The number of rotatable bonds is 12. The van der Waals surface area contributed by atoms with Crippen LogP contribution in [0, 0.1) is 0 Å². The number of hydrogen-bond acceptors (Lipinski definition) is 9. The highest BCUT2D eigenvalue weighted by Gasteiger charge is 2.27. The van der Waals surface area contributed by atoms with Crippen LogP contribution < -0.4 is 24.5 Å². The fourth-order valence-corrected chi connectivity index (χ4v) is 4.73. The predicted octanol–water partition coefficient (Wildman–Crippen LogP) is 5.01. The fraction of sp³-hybridized carbons (Fsp3) is 0.281. The molecule has 42 heavy (non-hydrogen) atoms. The zero-order valence-electron chi connectivity index (χ0n) is 24.2. The number of ether oxygens (including phenoxy) is 6. The molecule has 0 bridgehead atoms. The first-order chi connectivity index (χ1) is 20.4. The minimum absolute atomic E-state index is 0.0356. The smallest absolute Gasteiger partial charge is 0.355 e. The number of pyridine rings is 1. The van der Waals surface area contributed by atoms with Crippen LogP contribution in [0.1, 0.15) is 29.4 Å². The third-order valence-electron chi connectivity index (χ3n) is 6.67. The van der Waals surface area contributed by atoms with Crippen molar-refractivity contribution in [1.82, 2.24) is 4.57 Å². The Hall–Kier alpha value is -4.99. The number of nitrogens with zero attached hydrogens (tertiary/aromatic N) is 1. The molecule has 0 N–H and O–H groups in total. The van der Waals surface area contributed by atoms with Crippen LogP contribution in [0.2, 0.25) is 0 Å². The number of carbonyl (C=O) groups is 2. The van der Waals surface area contributed by atoms with Crippen LogP contribution in [0.25, 0.3) is 21.9 Å². The third-order valence-corrected chi connectivity index (χ3v) is 6.67. The average molecular weight is 576 g/mol. The maximum absolute atomic E-state index is 14.0. The van der Waals surface area contributed by atoms with E-state index in [4.69, 9.17) is 28.4 Å². The largest absolute Gasteiger partial charge is 0.493 e. The molecule has 0 aliphatic carbocycles. The van der Waals surface area contributed by atoms with E-state index in [9.17, 15) is 14.4 Å². The molecule has 0 radical (unpaired) electrons. The molecule has 0 aliphatic rings. The van der Waals surface area contributed by atoms with Gasteiger partial charge >= 0.3 is 11.9 Å². The lowest BCUT2D eigenvalue weighted by atomic mass is 9.95. The maximum atomic E-state index is 14.0. The summed E-state index contributed by atoms with van der Waals surface area (Å²) in [4.78, 5) is 39.6. The lowest BCUT2D eigenvalue weighted by molar-refractivity contribution is -0.143. The van der Waals surface area contributed by atoms with Gasteiger partial charge < -0.3 is 33.0 Å². The Morgan fingerprint density at radius 1 is 0.833 bits per heavy atom. The van der Waals surface area contributed by atoms with Gasteiger partial charge in [-0.3, -0.25) is 9.59 Å². The Labute approximate surface area is 243 Å². The normalized spacial score (nSPS) is 10.7. The van der Waals surface area contributed by atoms with E-state index in [1.807, 2.05) is 30.3 Å². The topological polar surface area (TPSA) is 112 Å². The van der Waals surface area contributed by atoms with Crippen molar-refractivity contribution in [2.24, 2.45) is 0 Å². The molecule has 0 saturated carbocycles. The van der Waals surface area contributed by atoms with Crippen LogP contribution in [0.4, 0.5) is 0 Å². The monoisotopic (exact) mass is 575 g/mol. The second kappa shape index (κ2) is 13.6. The third kappa shape index (κ3) is 6.17. The van der Waals surface area contributed by atoms with Crippen molar-refractivity contribution in [3.8, 4) is 34.1 Å². The molecule has 4 rings (SSSR count). The Kier molecular flexibility index (Phi) is 9.69. The fourth-order valence-electron chi connectivity index (χ4n) is 4.73. The van der Waals surface area contributed by atoms with Gasteiger partial charge in [0.2, 0.25) is 5.75 Å². The Morgan fingerprint density at radius 3 is 2.12 bits per heavy atom. The van der Waals surface area contributed by atoms with Gasteiger partial charge in [-0.2, -0.15) is 0 Å². The zero-order valence-corrected chi connectivity index (χ0v) is 24.2. The van der Waals surface area contributed by atoms with Crippen LogP contribution in [0.3, 0.4) is 0 Å². The first-order valence-electron chi connectivity index (χ1n) is 13.3. The molecule has 220 valence electrons. The molecular weight excluding hydrogens is 542 g/mol. The van der Waals surface area contributed by atoms with Crippen molar-refractivity contribution in [3.63, 3.8) is 0 Å². The molecule has 0 amide bonds. The minimum atomic E-state index is -0.758. The van der Waals surface area contributed by atoms with Gasteiger partial charge in [0.15, 0.2) is 11.5 Å². The molecule has 1 aromatic heterocycles.